The van der Waals surface area contributed by atoms with Crippen molar-refractivity contribution in [1.82, 2.24) is 0 Å². The number of unbranched alkanes of at least 4 members (excludes halogenated alkanes) is 1. The molecule has 1 aliphatic carbocycles. The normalized spacial score (nSPS) is 25.9. The van der Waals surface area contributed by atoms with Gasteiger partial charge in [0.2, 0.25) is 0 Å². The Kier molecular flexibility index (Phi) is 5.39. The summed E-state index contributed by atoms with van der Waals surface area (Å²) in [4.78, 5) is 11.5. The lowest BCUT2D eigenvalue weighted by Crippen LogP contribution is -2.21. The molecular formula is C13H21NO. The second kappa shape index (κ2) is 6.61. The van der Waals surface area contributed by atoms with Crippen molar-refractivity contribution in [2.24, 2.45) is 11.8 Å². The van der Waals surface area contributed by atoms with Crippen molar-refractivity contribution in [3.8, 4) is 6.07 Å². The molecule has 15 heavy (non-hydrogen) atoms. The Morgan fingerprint density at radius 1 is 1.33 bits per heavy atom. The molecule has 1 rings (SSSR count). The van der Waals surface area contributed by atoms with Crippen molar-refractivity contribution >= 4 is 5.78 Å². The smallest absolute Gasteiger partial charge is 0.149 e. The van der Waals surface area contributed by atoms with Crippen LogP contribution in [0.1, 0.15) is 58.3 Å². The highest BCUT2D eigenvalue weighted by Gasteiger charge is 2.25. The van der Waals surface area contributed by atoms with E-state index in [-0.39, 0.29) is 18.1 Å². The molecule has 1 aliphatic rings. The van der Waals surface area contributed by atoms with Crippen LogP contribution in [0.2, 0.25) is 0 Å². The van der Waals surface area contributed by atoms with Crippen molar-refractivity contribution < 1.29 is 4.79 Å². The van der Waals surface area contributed by atoms with Crippen molar-refractivity contribution in [1.29, 1.82) is 5.26 Å². The molecule has 0 saturated heterocycles. The van der Waals surface area contributed by atoms with Crippen molar-refractivity contribution in [2.45, 2.75) is 58.3 Å². The van der Waals surface area contributed by atoms with Crippen molar-refractivity contribution in [2.75, 3.05) is 0 Å². The molecule has 84 valence electrons. The quantitative estimate of drug-likeness (QED) is 0.692. The van der Waals surface area contributed by atoms with E-state index in [1.165, 1.54) is 32.1 Å². The number of carbonyl (C=O) groups excluding carboxylic acids is 1. The van der Waals surface area contributed by atoms with Gasteiger partial charge in [-0.3, -0.25) is 4.79 Å². The highest BCUT2D eigenvalue weighted by Crippen LogP contribution is 2.32. The van der Waals surface area contributed by atoms with E-state index >= 15 is 0 Å². The van der Waals surface area contributed by atoms with Gasteiger partial charge in [-0.15, -0.1) is 0 Å². The van der Waals surface area contributed by atoms with Gasteiger partial charge < -0.3 is 0 Å². The van der Waals surface area contributed by atoms with Crippen LogP contribution < -0.4 is 0 Å². The molecule has 0 amide bonds. The molecule has 0 bridgehead atoms. The van der Waals surface area contributed by atoms with Gasteiger partial charge in [0.25, 0.3) is 0 Å². The van der Waals surface area contributed by atoms with Crippen molar-refractivity contribution in [3.05, 3.63) is 0 Å². The monoisotopic (exact) mass is 207 g/mol. The van der Waals surface area contributed by atoms with Crippen LogP contribution in [-0.2, 0) is 4.79 Å². The molecule has 2 heteroatoms. The summed E-state index contributed by atoms with van der Waals surface area (Å²) < 4.78 is 0. The number of hydrogen-bond donors (Lipinski definition) is 0. The van der Waals surface area contributed by atoms with Gasteiger partial charge in [-0.25, -0.2) is 0 Å². The zero-order valence-electron chi connectivity index (χ0n) is 9.67. The number of ketones is 1. The zero-order valence-corrected chi connectivity index (χ0v) is 9.67. The fourth-order valence-electron chi connectivity index (χ4n) is 2.49. The van der Waals surface area contributed by atoms with Crippen LogP contribution in [0, 0.1) is 23.2 Å². The molecule has 0 aromatic heterocycles. The van der Waals surface area contributed by atoms with Crippen LogP contribution in [0.5, 0.6) is 0 Å². The van der Waals surface area contributed by atoms with Crippen LogP contribution >= 0.6 is 0 Å². The predicted molar refractivity (Wildman–Crippen MR) is 60.2 cm³/mol. The molecule has 0 atom stereocenters. The number of rotatable bonds is 5. The van der Waals surface area contributed by atoms with Gasteiger partial charge in [-0.05, 0) is 31.6 Å². The lowest BCUT2D eigenvalue weighted by Gasteiger charge is -2.27. The summed E-state index contributed by atoms with van der Waals surface area (Å²) in [7, 11) is 0. The van der Waals surface area contributed by atoms with E-state index in [1.807, 2.05) is 6.07 Å². The Labute approximate surface area is 92.7 Å². The second-order valence-corrected chi connectivity index (χ2v) is 4.66. The minimum atomic E-state index is 0.115. The minimum Gasteiger partial charge on any atom is -0.298 e. The summed E-state index contributed by atoms with van der Waals surface area (Å²) in [5.74, 6) is 1.21. The fraction of sp³-hybridized carbons (Fsp3) is 0.846. The summed E-state index contributed by atoms with van der Waals surface area (Å²) in [6, 6.07) is 1.96. The molecular weight excluding hydrogens is 186 g/mol. The number of nitriles is 1. The van der Waals surface area contributed by atoms with Crippen LogP contribution in [0.25, 0.3) is 0 Å². The lowest BCUT2D eigenvalue weighted by molar-refractivity contribution is -0.123. The molecule has 0 heterocycles. The van der Waals surface area contributed by atoms with Crippen LogP contribution in [0.3, 0.4) is 0 Å². The molecule has 0 aromatic carbocycles. The van der Waals surface area contributed by atoms with E-state index < -0.39 is 0 Å². The number of hydrogen-bond acceptors (Lipinski definition) is 2. The van der Waals surface area contributed by atoms with E-state index in [1.54, 1.807) is 0 Å². The molecule has 0 radical (unpaired) electrons. The van der Waals surface area contributed by atoms with Crippen LogP contribution in [0.4, 0.5) is 0 Å². The fourth-order valence-corrected chi connectivity index (χ4v) is 2.49. The van der Waals surface area contributed by atoms with Gasteiger partial charge in [0.1, 0.15) is 5.78 Å². The van der Waals surface area contributed by atoms with E-state index in [2.05, 4.69) is 6.92 Å². The van der Waals surface area contributed by atoms with Gasteiger partial charge in [-0.2, -0.15) is 5.26 Å². The summed E-state index contributed by atoms with van der Waals surface area (Å²) in [5, 5.41) is 8.46. The first-order valence-electron chi connectivity index (χ1n) is 6.17. The summed E-state index contributed by atoms with van der Waals surface area (Å²) in [6.07, 6.45) is 8.47. The number of nitrogens with zero attached hydrogens (tertiary/aromatic N) is 1. The maximum atomic E-state index is 11.5. The Morgan fingerprint density at radius 2 is 2.00 bits per heavy atom. The average Bonchev–Trinajstić information content (AvgIpc) is 2.27. The Bertz CT molecular complexity index is 233. The Balaban J connectivity index is 2.24. The molecule has 0 N–H and O–H groups in total. The number of carbonyl (C=O) groups is 1. The second-order valence-electron chi connectivity index (χ2n) is 4.66. The highest BCUT2D eigenvalue weighted by atomic mass is 16.1. The molecule has 1 saturated carbocycles. The van der Waals surface area contributed by atoms with E-state index in [0.717, 1.165) is 18.8 Å². The van der Waals surface area contributed by atoms with E-state index in [0.29, 0.717) is 0 Å². The molecule has 1 fully saturated rings. The third-order valence-corrected chi connectivity index (χ3v) is 3.52. The first-order chi connectivity index (χ1) is 7.27. The Hall–Kier alpha value is -0.840. The molecule has 0 aromatic rings. The first kappa shape index (κ1) is 12.2. The zero-order chi connectivity index (χ0) is 11.1. The maximum absolute atomic E-state index is 11.5. The first-order valence-corrected chi connectivity index (χ1v) is 6.17. The van der Waals surface area contributed by atoms with Crippen LogP contribution in [0.15, 0.2) is 0 Å². The predicted octanol–water partition coefficient (Wildman–Crippen LogP) is 3.47. The minimum absolute atomic E-state index is 0.115. The average molecular weight is 207 g/mol. The summed E-state index contributed by atoms with van der Waals surface area (Å²) >= 11 is 0. The Morgan fingerprint density at radius 3 is 2.53 bits per heavy atom. The summed E-state index contributed by atoms with van der Waals surface area (Å²) in [6.45, 7) is 2.22. The van der Waals surface area contributed by atoms with Gasteiger partial charge in [0, 0.05) is 5.92 Å². The molecule has 0 spiro atoms. The standard InChI is InChI=1S/C13H21NO/c1-2-3-4-11-5-7-12(8-6-11)13(15)9-10-14/h11-12H,2-9H2,1H3. The van der Waals surface area contributed by atoms with E-state index in [9.17, 15) is 4.79 Å². The van der Waals surface area contributed by atoms with Gasteiger partial charge in [-0.1, -0.05) is 26.2 Å². The molecule has 0 unspecified atom stereocenters. The van der Waals surface area contributed by atoms with Crippen LogP contribution in [-0.4, -0.2) is 5.78 Å². The molecule has 0 aliphatic heterocycles. The third kappa shape index (κ3) is 4.03. The topological polar surface area (TPSA) is 40.9 Å². The third-order valence-electron chi connectivity index (χ3n) is 3.52. The van der Waals surface area contributed by atoms with Gasteiger partial charge in [0.05, 0.1) is 12.5 Å². The highest BCUT2D eigenvalue weighted by molar-refractivity contribution is 5.82. The maximum Gasteiger partial charge on any atom is 0.149 e. The largest absolute Gasteiger partial charge is 0.298 e. The van der Waals surface area contributed by atoms with Crippen molar-refractivity contribution in [3.63, 3.8) is 0 Å². The summed E-state index contributed by atoms with van der Waals surface area (Å²) in [5.41, 5.74) is 0. The van der Waals surface area contributed by atoms with Gasteiger partial charge in [0.15, 0.2) is 0 Å². The lowest BCUT2D eigenvalue weighted by atomic mass is 9.78. The SMILES string of the molecule is CCCCC1CCC(C(=O)CC#N)CC1. The van der Waals surface area contributed by atoms with E-state index in [4.69, 9.17) is 5.26 Å². The molecule has 2 nitrogen and oxygen atoms in total. The van der Waals surface area contributed by atoms with Gasteiger partial charge >= 0.3 is 0 Å². The number of Topliss-reactive ketones (excluding diaryl/α,β-unsaturated/α-hetero) is 1.